The first-order valence-electron chi connectivity index (χ1n) is 5.88. The number of amides is 2. The number of fused-ring (bicyclic) bond motifs is 1. The standard InChI is InChI=1S/C13H12N2O5/c1-2-19-13(18)15-14-11(16)9-7-8-5-3-4-6-10(8)20-12(9)17/h3-7H,2H2,1H3,(H,14,16)(H,15,18). The lowest BCUT2D eigenvalue weighted by molar-refractivity contribution is 0.0909. The van der Waals surface area contributed by atoms with Gasteiger partial charge in [-0.1, -0.05) is 18.2 Å². The van der Waals surface area contributed by atoms with E-state index < -0.39 is 17.6 Å². The van der Waals surface area contributed by atoms with Crippen LogP contribution in [0.5, 0.6) is 0 Å². The summed E-state index contributed by atoms with van der Waals surface area (Å²) in [5.74, 6) is -0.780. The minimum atomic E-state index is -0.814. The molecule has 1 aromatic heterocycles. The molecular weight excluding hydrogens is 264 g/mol. The van der Waals surface area contributed by atoms with E-state index in [4.69, 9.17) is 4.42 Å². The number of ether oxygens (including phenoxy) is 1. The predicted molar refractivity (Wildman–Crippen MR) is 70.1 cm³/mol. The quantitative estimate of drug-likeness (QED) is 0.634. The molecule has 0 atom stereocenters. The van der Waals surface area contributed by atoms with E-state index in [1.54, 1.807) is 31.2 Å². The number of hydrogen-bond donors (Lipinski definition) is 2. The van der Waals surface area contributed by atoms with Crippen molar-refractivity contribution in [3.63, 3.8) is 0 Å². The van der Waals surface area contributed by atoms with E-state index in [-0.39, 0.29) is 12.2 Å². The summed E-state index contributed by atoms with van der Waals surface area (Å²) in [4.78, 5) is 34.5. The van der Waals surface area contributed by atoms with Crippen molar-refractivity contribution in [2.75, 3.05) is 6.61 Å². The third-order valence-corrected chi connectivity index (χ3v) is 2.44. The van der Waals surface area contributed by atoms with Gasteiger partial charge in [0.15, 0.2) is 0 Å². The molecular formula is C13H12N2O5. The van der Waals surface area contributed by atoms with Gasteiger partial charge >= 0.3 is 11.7 Å². The summed E-state index contributed by atoms with van der Waals surface area (Å²) in [7, 11) is 0. The molecule has 2 amide bonds. The van der Waals surface area contributed by atoms with Crippen molar-refractivity contribution < 1.29 is 18.7 Å². The molecule has 2 rings (SSSR count). The fourth-order valence-electron chi connectivity index (χ4n) is 1.56. The predicted octanol–water partition coefficient (Wildman–Crippen LogP) is 1.18. The number of carbonyl (C=O) groups excluding carboxylic acids is 2. The van der Waals surface area contributed by atoms with Gasteiger partial charge in [0.25, 0.3) is 5.91 Å². The number of nitrogens with one attached hydrogen (secondary N) is 2. The molecule has 0 saturated carbocycles. The summed E-state index contributed by atoms with van der Waals surface area (Å²) >= 11 is 0. The van der Waals surface area contributed by atoms with E-state index in [2.05, 4.69) is 10.2 Å². The average molecular weight is 276 g/mol. The Morgan fingerprint density at radius 2 is 2.00 bits per heavy atom. The molecule has 0 aliphatic rings. The minimum Gasteiger partial charge on any atom is -0.449 e. The van der Waals surface area contributed by atoms with Crippen LogP contribution in [0.15, 0.2) is 39.5 Å². The highest BCUT2D eigenvalue weighted by Gasteiger charge is 2.14. The Balaban J connectivity index is 2.19. The molecule has 0 aliphatic heterocycles. The Morgan fingerprint density at radius 3 is 2.75 bits per heavy atom. The molecule has 0 bridgehead atoms. The van der Waals surface area contributed by atoms with Gasteiger partial charge in [0, 0.05) is 5.39 Å². The maximum atomic E-state index is 11.8. The Hall–Kier alpha value is -2.83. The summed E-state index contributed by atoms with van der Waals surface area (Å²) in [5, 5.41) is 0.605. The lowest BCUT2D eigenvalue weighted by Crippen LogP contribution is -2.43. The van der Waals surface area contributed by atoms with E-state index >= 15 is 0 Å². The third kappa shape index (κ3) is 2.94. The summed E-state index contributed by atoms with van der Waals surface area (Å²) in [6.07, 6.45) is -0.814. The van der Waals surface area contributed by atoms with E-state index in [0.29, 0.717) is 11.0 Å². The SMILES string of the molecule is CCOC(=O)NNC(=O)c1cc2ccccc2oc1=O. The number of carbonyl (C=O) groups is 2. The van der Waals surface area contributed by atoms with Crippen molar-refractivity contribution in [3.8, 4) is 0 Å². The van der Waals surface area contributed by atoms with Crippen molar-refractivity contribution in [2.45, 2.75) is 6.92 Å². The normalized spacial score (nSPS) is 10.1. The van der Waals surface area contributed by atoms with Gasteiger partial charge in [0.05, 0.1) is 6.61 Å². The highest BCUT2D eigenvalue weighted by Crippen LogP contribution is 2.12. The first kappa shape index (κ1) is 13.6. The van der Waals surface area contributed by atoms with Crippen molar-refractivity contribution in [1.82, 2.24) is 10.9 Å². The summed E-state index contributed by atoms with van der Waals surface area (Å²) in [6.45, 7) is 1.79. The van der Waals surface area contributed by atoms with E-state index in [9.17, 15) is 14.4 Å². The molecule has 0 aliphatic carbocycles. The van der Waals surface area contributed by atoms with Crippen LogP contribution in [0.3, 0.4) is 0 Å². The fourth-order valence-corrected chi connectivity index (χ4v) is 1.56. The number of hydrogen-bond acceptors (Lipinski definition) is 5. The van der Waals surface area contributed by atoms with E-state index in [1.165, 1.54) is 6.07 Å². The van der Waals surface area contributed by atoms with Crippen LogP contribution in [0.25, 0.3) is 11.0 Å². The smallest absolute Gasteiger partial charge is 0.426 e. The van der Waals surface area contributed by atoms with Crippen LogP contribution >= 0.6 is 0 Å². The summed E-state index contributed by atoms with van der Waals surface area (Å²) < 4.78 is 9.57. The molecule has 2 N–H and O–H groups in total. The largest absolute Gasteiger partial charge is 0.449 e. The number of para-hydroxylation sites is 1. The molecule has 2 aromatic rings. The van der Waals surface area contributed by atoms with Gasteiger partial charge in [0.2, 0.25) is 0 Å². The van der Waals surface area contributed by atoms with Crippen molar-refractivity contribution in [3.05, 3.63) is 46.3 Å². The Labute approximate surface area is 113 Å². The Morgan fingerprint density at radius 1 is 1.25 bits per heavy atom. The molecule has 7 nitrogen and oxygen atoms in total. The Bertz CT molecular complexity index is 707. The molecule has 20 heavy (non-hydrogen) atoms. The lowest BCUT2D eigenvalue weighted by atomic mass is 10.2. The monoisotopic (exact) mass is 276 g/mol. The highest BCUT2D eigenvalue weighted by molar-refractivity contribution is 5.97. The number of hydrazine groups is 1. The van der Waals surface area contributed by atoms with Crippen molar-refractivity contribution in [2.24, 2.45) is 0 Å². The van der Waals surface area contributed by atoms with E-state index in [0.717, 1.165) is 0 Å². The summed E-state index contributed by atoms with van der Waals surface area (Å²) in [6, 6.07) is 8.18. The molecule has 0 saturated heterocycles. The Kier molecular flexibility index (Phi) is 3.99. The third-order valence-electron chi connectivity index (χ3n) is 2.44. The van der Waals surface area contributed by atoms with Gasteiger partial charge in [-0.25, -0.2) is 15.0 Å². The van der Waals surface area contributed by atoms with Gasteiger partial charge in [-0.2, -0.15) is 0 Å². The zero-order valence-electron chi connectivity index (χ0n) is 10.6. The van der Waals surface area contributed by atoms with Crippen LogP contribution < -0.4 is 16.5 Å². The highest BCUT2D eigenvalue weighted by atomic mass is 16.6. The van der Waals surface area contributed by atoms with Gasteiger partial charge < -0.3 is 9.15 Å². The van der Waals surface area contributed by atoms with Gasteiger partial charge in [-0.15, -0.1) is 0 Å². The zero-order valence-corrected chi connectivity index (χ0v) is 10.6. The minimum absolute atomic E-state index is 0.166. The maximum Gasteiger partial charge on any atom is 0.426 e. The van der Waals surface area contributed by atoms with Crippen LogP contribution in [-0.2, 0) is 4.74 Å². The summed E-state index contributed by atoms with van der Waals surface area (Å²) in [5.41, 5.74) is 3.47. The molecule has 1 heterocycles. The molecule has 0 unspecified atom stereocenters. The second-order valence-corrected chi connectivity index (χ2v) is 3.78. The maximum absolute atomic E-state index is 11.8. The van der Waals surface area contributed by atoms with Crippen molar-refractivity contribution in [1.29, 1.82) is 0 Å². The lowest BCUT2D eigenvalue weighted by Gasteiger charge is -2.06. The van der Waals surface area contributed by atoms with Gasteiger partial charge in [0.1, 0.15) is 11.1 Å². The first-order chi connectivity index (χ1) is 9.61. The van der Waals surface area contributed by atoms with Crippen molar-refractivity contribution >= 4 is 23.0 Å². The van der Waals surface area contributed by atoms with Crippen LogP contribution in [0.1, 0.15) is 17.3 Å². The molecule has 0 radical (unpaired) electrons. The second-order valence-electron chi connectivity index (χ2n) is 3.78. The topological polar surface area (TPSA) is 97.6 Å². The number of benzene rings is 1. The van der Waals surface area contributed by atoms with Crippen LogP contribution in [0, 0.1) is 0 Å². The molecule has 104 valence electrons. The second kappa shape index (κ2) is 5.87. The molecule has 0 fully saturated rings. The number of rotatable bonds is 2. The van der Waals surface area contributed by atoms with Gasteiger partial charge in [-0.3, -0.25) is 10.2 Å². The molecule has 0 spiro atoms. The molecule has 7 heteroatoms. The first-order valence-corrected chi connectivity index (χ1v) is 5.88. The van der Waals surface area contributed by atoms with Crippen LogP contribution in [-0.4, -0.2) is 18.6 Å². The average Bonchev–Trinajstić information content (AvgIpc) is 2.44. The zero-order chi connectivity index (χ0) is 14.5. The van der Waals surface area contributed by atoms with Crippen LogP contribution in [0.2, 0.25) is 0 Å². The van der Waals surface area contributed by atoms with Crippen LogP contribution in [0.4, 0.5) is 4.79 Å². The molecule has 1 aromatic carbocycles. The fraction of sp³-hybridized carbons (Fsp3) is 0.154. The van der Waals surface area contributed by atoms with Gasteiger partial charge in [-0.05, 0) is 19.1 Å². The van der Waals surface area contributed by atoms with E-state index in [1.807, 2.05) is 5.43 Å².